The molecule has 0 saturated carbocycles. The average molecular weight is 319 g/mol. The van der Waals surface area contributed by atoms with Crippen molar-refractivity contribution in [2.24, 2.45) is 0 Å². The van der Waals surface area contributed by atoms with Crippen LogP contribution in [0.5, 0.6) is 0 Å². The SMILES string of the molecule is COC1CCCN(c2ncc(I)cn2)C1. The Kier molecular flexibility index (Phi) is 3.74. The van der Waals surface area contributed by atoms with E-state index >= 15 is 0 Å². The van der Waals surface area contributed by atoms with Crippen LogP contribution in [0.15, 0.2) is 12.4 Å². The molecule has 0 amide bonds. The Hall–Kier alpha value is -0.430. The molecule has 2 rings (SSSR count). The van der Waals surface area contributed by atoms with Gasteiger partial charge in [-0.3, -0.25) is 0 Å². The van der Waals surface area contributed by atoms with Gasteiger partial charge in [-0.2, -0.15) is 0 Å². The van der Waals surface area contributed by atoms with E-state index in [0.717, 1.165) is 35.4 Å². The first-order chi connectivity index (χ1) is 7.29. The van der Waals surface area contributed by atoms with Crippen molar-refractivity contribution in [2.75, 3.05) is 25.1 Å². The smallest absolute Gasteiger partial charge is 0.225 e. The van der Waals surface area contributed by atoms with Gasteiger partial charge in [0.1, 0.15) is 0 Å². The molecule has 0 N–H and O–H groups in total. The summed E-state index contributed by atoms with van der Waals surface area (Å²) in [6, 6.07) is 0. The largest absolute Gasteiger partial charge is 0.380 e. The van der Waals surface area contributed by atoms with Gasteiger partial charge in [-0.15, -0.1) is 0 Å². The van der Waals surface area contributed by atoms with Crippen LogP contribution in [0.3, 0.4) is 0 Å². The number of methoxy groups -OCH3 is 1. The second-order valence-corrected chi connectivity index (χ2v) is 4.89. The molecule has 1 fully saturated rings. The summed E-state index contributed by atoms with van der Waals surface area (Å²) in [5.41, 5.74) is 0. The molecular formula is C10H14IN3O. The summed E-state index contributed by atoms with van der Waals surface area (Å²) in [6.45, 7) is 1.93. The van der Waals surface area contributed by atoms with Gasteiger partial charge in [-0.1, -0.05) is 0 Å². The number of anilines is 1. The van der Waals surface area contributed by atoms with E-state index in [4.69, 9.17) is 4.74 Å². The zero-order valence-electron chi connectivity index (χ0n) is 8.69. The maximum atomic E-state index is 5.37. The predicted octanol–water partition coefficient (Wildman–Crippen LogP) is 1.70. The van der Waals surface area contributed by atoms with Crippen LogP contribution in [0.1, 0.15) is 12.8 Å². The molecule has 0 bridgehead atoms. The minimum absolute atomic E-state index is 0.321. The van der Waals surface area contributed by atoms with Crippen LogP contribution in [0, 0.1) is 3.57 Å². The highest BCUT2D eigenvalue weighted by Gasteiger charge is 2.20. The Morgan fingerprint density at radius 3 is 2.87 bits per heavy atom. The lowest BCUT2D eigenvalue weighted by atomic mass is 10.1. The second-order valence-electron chi connectivity index (χ2n) is 3.65. The van der Waals surface area contributed by atoms with E-state index in [2.05, 4.69) is 37.5 Å². The molecule has 82 valence electrons. The van der Waals surface area contributed by atoms with Crippen LogP contribution >= 0.6 is 22.6 Å². The molecule has 5 heteroatoms. The number of rotatable bonds is 2. The molecule has 1 aliphatic rings. The Bertz CT molecular complexity index is 317. The molecule has 15 heavy (non-hydrogen) atoms. The van der Waals surface area contributed by atoms with Crippen molar-refractivity contribution in [3.05, 3.63) is 16.0 Å². The van der Waals surface area contributed by atoms with Crippen molar-refractivity contribution in [1.29, 1.82) is 0 Å². The number of hydrogen-bond acceptors (Lipinski definition) is 4. The van der Waals surface area contributed by atoms with Crippen LogP contribution in [-0.4, -0.2) is 36.3 Å². The van der Waals surface area contributed by atoms with E-state index in [1.54, 1.807) is 7.11 Å². The first-order valence-corrected chi connectivity index (χ1v) is 6.13. The number of ether oxygens (including phenoxy) is 1. The number of piperidine rings is 1. The van der Waals surface area contributed by atoms with E-state index in [9.17, 15) is 0 Å². The third-order valence-electron chi connectivity index (χ3n) is 2.60. The quantitative estimate of drug-likeness (QED) is 0.778. The first-order valence-electron chi connectivity index (χ1n) is 5.05. The molecule has 0 aliphatic carbocycles. The molecule has 1 unspecified atom stereocenters. The minimum Gasteiger partial charge on any atom is -0.380 e. The van der Waals surface area contributed by atoms with E-state index < -0.39 is 0 Å². The Morgan fingerprint density at radius 1 is 1.47 bits per heavy atom. The summed E-state index contributed by atoms with van der Waals surface area (Å²) in [5, 5.41) is 0. The van der Waals surface area contributed by atoms with Gasteiger partial charge in [0.15, 0.2) is 0 Å². The summed E-state index contributed by atoms with van der Waals surface area (Å²) >= 11 is 2.21. The summed E-state index contributed by atoms with van der Waals surface area (Å²) in [6.07, 6.45) is 6.30. The lowest BCUT2D eigenvalue weighted by Gasteiger charge is -2.31. The molecule has 0 spiro atoms. The standard InChI is InChI=1S/C10H14IN3O/c1-15-9-3-2-4-14(7-9)10-12-5-8(11)6-13-10/h5-6,9H,2-4,7H2,1H3. The van der Waals surface area contributed by atoms with Crippen molar-refractivity contribution >= 4 is 28.5 Å². The average Bonchev–Trinajstić information content (AvgIpc) is 2.30. The van der Waals surface area contributed by atoms with E-state index in [0.29, 0.717) is 6.10 Å². The Labute approximate surface area is 103 Å². The van der Waals surface area contributed by atoms with Gasteiger partial charge in [0.2, 0.25) is 5.95 Å². The minimum atomic E-state index is 0.321. The van der Waals surface area contributed by atoms with Gasteiger partial charge in [0.25, 0.3) is 0 Å². The highest BCUT2D eigenvalue weighted by molar-refractivity contribution is 14.1. The Balaban J connectivity index is 2.06. The third kappa shape index (κ3) is 2.78. The molecular weight excluding hydrogens is 305 g/mol. The highest BCUT2D eigenvalue weighted by Crippen LogP contribution is 2.17. The predicted molar refractivity (Wildman–Crippen MR) is 67.0 cm³/mol. The molecule has 1 aliphatic heterocycles. The zero-order chi connectivity index (χ0) is 10.7. The molecule has 2 heterocycles. The summed E-state index contributed by atoms with van der Waals surface area (Å²) in [7, 11) is 1.77. The van der Waals surface area contributed by atoms with Crippen LogP contribution in [0.2, 0.25) is 0 Å². The van der Waals surface area contributed by atoms with Crippen LogP contribution in [0.25, 0.3) is 0 Å². The fraction of sp³-hybridized carbons (Fsp3) is 0.600. The lowest BCUT2D eigenvalue weighted by Crippen LogP contribution is -2.40. The van der Waals surface area contributed by atoms with Crippen molar-refractivity contribution in [2.45, 2.75) is 18.9 Å². The fourth-order valence-corrected chi connectivity index (χ4v) is 2.06. The van der Waals surface area contributed by atoms with Gasteiger partial charge < -0.3 is 9.64 Å². The Morgan fingerprint density at radius 2 is 2.20 bits per heavy atom. The van der Waals surface area contributed by atoms with Gasteiger partial charge in [0.05, 0.1) is 6.10 Å². The van der Waals surface area contributed by atoms with Crippen molar-refractivity contribution < 1.29 is 4.74 Å². The van der Waals surface area contributed by atoms with E-state index in [1.165, 1.54) is 0 Å². The zero-order valence-corrected chi connectivity index (χ0v) is 10.8. The van der Waals surface area contributed by atoms with E-state index in [1.807, 2.05) is 12.4 Å². The topological polar surface area (TPSA) is 38.2 Å². The summed E-state index contributed by atoms with van der Waals surface area (Å²) < 4.78 is 6.43. The maximum absolute atomic E-state index is 5.37. The van der Waals surface area contributed by atoms with Crippen LogP contribution < -0.4 is 4.90 Å². The number of nitrogens with zero attached hydrogens (tertiary/aromatic N) is 3. The van der Waals surface area contributed by atoms with Crippen molar-refractivity contribution in [1.82, 2.24) is 9.97 Å². The van der Waals surface area contributed by atoms with Gasteiger partial charge >= 0.3 is 0 Å². The molecule has 1 saturated heterocycles. The third-order valence-corrected chi connectivity index (χ3v) is 3.16. The van der Waals surface area contributed by atoms with Gasteiger partial charge in [-0.05, 0) is 35.4 Å². The van der Waals surface area contributed by atoms with Crippen LogP contribution in [0.4, 0.5) is 5.95 Å². The maximum Gasteiger partial charge on any atom is 0.225 e. The molecule has 0 aromatic carbocycles. The summed E-state index contributed by atoms with van der Waals surface area (Å²) in [5.74, 6) is 0.817. The van der Waals surface area contributed by atoms with Crippen LogP contribution in [-0.2, 0) is 4.74 Å². The number of hydrogen-bond donors (Lipinski definition) is 0. The normalized spacial score (nSPS) is 21.7. The monoisotopic (exact) mass is 319 g/mol. The van der Waals surface area contributed by atoms with E-state index in [-0.39, 0.29) is 0 Å². The molecule has 4 nitrogen and oxygen atoms in total. The van der Waals surface area contributed by atoms with Gasteiger partial charge in [0, 0.05) is 36.2 Å². The molecule has 1 aromatic rings. The second kappa shape index (κ2) is 5.07. The van der Waals surface area contributed by atoms with Crippen molar-refractivity contribution in [3.8, 4) is 0 Å². The molecule has 1 atom stereocenters. The van der Waals surface area contributed by atoms with Crippen molar-refractivity contribution in [3.63, 3.8) is 0 Å². The lowest BCUT2D eigenvalue weighted by molar-refractivity contribution is 0.0889. The molecule has 0 radical (unpaired) electrons. The number of aromatic nitrogens is 2. The fourth-order valence-electron chi connectivity index (χ4n) is 1.78. The summed E-state index contributed by atoms with van der Waals surface area (Å²) in [4.78, 5) is 10.8. The first kappa shape index (κ1) is 11.1. The van der Waals surface area contributed by atoms with Gasteiger partial charge in [-0.25, -0.2) is 9.97 Å². The number of halogens is 1. The molecule has 1 aromatic heterocycles. The highest BCUT2D eigenvalue weighted by atomic mass is 127.